The van der Waals surface area contributed by atoms with Gasteiger partial charge in [-0.1, -0.05) is 13.8 Å². The van der Waals surface area contributed by atoms with Crippen molar-refractivity contribution in [3.8, 4) is 0 Å². The molecule has 0 bridgehead atoms. The molecule has 0 radical (unpaired) electrons. The lowest BCUT2D eigenvalue weighted by Crippen LogP contribution is -2.37. The van der Waals surface area contributed by atoms with E-state index in [2.05, 4.69) is 10.2 Å². The number of esters is 1. The second kappa shape index (κ2) is 9.59. The predicted octanol–water partition coefficient (Wildman–Crippen LogP) is 5.38. The van der Waals surface area contributed by atoms with Gasteiger partial charge in [0, 0.05) is 24.4 Å². The van der Waals surface area contributed by atoms with Crippen molar-refractivity contribution in [2.24, 2.45) is 16.1 Å². The Kier molecular flexibility index (Phi) is 7.20. The highest BCUT2D eigenvalue weighted by Crippen LogP contribution is 2.25. The Bertz CT molecular complexity index is 832. The molecule has 2 rings (SSSR count). The number of hydrogen-bond acceptors (Lipinski definition) is 7. The molecule has 8 heteroatoms. The number of carbonyl (C=O) groups excluding carboxylic acids is 1. The number of benzene rings is 2. The van der Waals surface area contributed by atoms with Gasteiger partial charge in [0.05, 0.1) is 22.2 Å². The molecule has 0 heterocycles. The zero-order valence-corrected chi connectivity index (χ0v) is 16.4. The van der Waals surface area contributed by atoms with Crippen LogP contribution in [-0.2, 0) is 9.53 Å². The van der Waals surface area contributed by atoms with Crippen molar-refractivity contribution in [2.75, 3.05) is 11.4 Å². The Labute approximate surface area is 164 Å². The molecule has 0 aromatic heterocycles. The highest BCUT2D eigenvalue weighted by Gasteiger charge is 2.18. The molecule has 8 nitrogen and oxygen atoms in total. The molecule has 1 unspecified atom stereocenters. The van der Waals surface area contributed by atoms with Crippen molar-refractivity contribution in [3.05, 3.63) is 58.6 Å². The first kappa shape index (κ1) is 21.0. The van der Waals surface area contributed by atoms with Crippen LogP contribution in [0.25, 0.3) is 0 Å². The number of nitro groups is 1. The molecule has 0 spiro atoms. The number of rotatable bonds is 8. The van der Waals surface area contributed by atoms with E-state index in [0.717, 1.165) is 5.69 Å². The lowest BCUT2D eigenvalue weighted by atomic mass is 10.2. The van der Waals surface area contributed by atoms with Crippen molar-refractivity contribution < 1.29 is 14.5 Å². The summed E-state index contributed by atoms with van der Waals surface area (Å²) in [5.74, 6) is -0.414. The molecule has 0 N–H and O–H groups in total. The summed E-state index contributed by atoms with van der Waals surface area (Å²) in [5, 5.41) is 18.9. The van der Waals surface area contributed by atoms with Gasteiger partial charge in [0.2, 0.25) is 0 Å². The molecular formula is C20H24N4O4. The minimum Gasteiger partial charge on any atom is -0.442 e. The molecular weight excluding hydrogens is 360 g/mol. The third-order valence-corrected chi connectivity index (χ3v) is 4.06. The number of nitrogens with zero attached hydrogens (tertiary/aromatic N) is 4. The van der Waals surface area contributed by atoms with Crippen LogP contribution < -0.4 is 4.90 Å². The smallest absolute Gasteiger partial charge is 0.310 e. The summed E-state index contributed by atoms with van der Waals surface area (Å²) in [4.78, 5) is 24.0. The maximum atomic E-state index is 11.8. The van der Waals surface area contributed by atoms with Gasteiger partial charge in [0.1, 0.15) is 0 Å². The van der Waals surface area contributed by atoms with E-state index in [4.69, 9.17) is 4.74 Å². The van der Waals surface area contributed by atoms with Crippen LogP contribution in [0.1, 0.15) is 27.7 Å². The van der Waals surface area contributed by atoms with E-state index in [1.807, 2.05) is 43.0 Å². The monoisotopic (exact) mass is 384 g/mol. The van der Waals surface area contributed by atoms with Crippen LogP contribution in [0.3, 0.4) is 0 Å². The molecule has 0 aliphatic carbocycles. The summed E-state index contributed by atoms with van der Waals surface area (Å²) in [6.07, 6.45) is -0.382. The zero-order valence-electron chi connectivity index (χ0n) is 16.4. The summed E-state index contributed by atoms with van der Waals surface area (Å²) in [5.41, 5.74) is 2.08. The summed E-state index contributed by atoms with van der Waals surface area (Å²) < 4.78 is 5.48. The average Bonchev–Trinajstić information content (AvgIpc) is 2.68. The van der Waals surface area contributed by atoms with Crippen LogP contribution in [0.2, 0.25) is 0 Å². The van der Waals surface area contributed by atoms with Crippen molar-refractivity contribution in [1.82, 2.24) is 0 Å². The fourth-order valence-corrected chi connectivity index (χ4v) is 2.48. The second-order valence-electron chi connectivity index (χ2n) is 6.47. The fraction of sp³-hybridized carbons (Fsp3) is 0.350. The topological polar surface area (TPSA) is 97.4 Å². The third kappa shape index (κ3) is 5.60. The summed E-state index contributed by atoms with van der Waals surface area (Å²) in [6, 6.07) is 13.2. The normalized spacial score (nSPS) is 12.2. The molecule has 2 aromatic carbocycles. The molecule has 0 saturated heterocycles. The molecule has 0 fully saturated rings. The Morgan fingerprint density at radius 3 is 1.96 bits per heavy atom. The van der Waals surface area contributed by atoms with E-state index >= 15 is 0 Å². The zero-order chi connectivity index (χ0) is 20.7. The predicted molar refractivity (Wildman–Crippen MR) is 107 cm³/mol. The van der Waals surface area contributed by atoms with Gasteiger partial charge in [0.15, 0.2) is 6.23 Å². The van der Waals surface area contributed by atoms with Gasteiger partial charge < -0.3 is 9.64 Å². The van der Waals surface area contributed by atoms with Crippen LogP contribution >= 0.6 is 0 Å². The van der Waals surface area contributed by atoms with Crippen LogP contribution in [-0.4, -0.2) is 23.7 Å². The largest absolute Gasteiger partial charge is 0.442 e. The first-order valence-electron chi connectivity index (χ1n) is 9.05. The minimum atomic E-state index is -0.460. The summed E-state index contributed by atoms with van der Waals surface area (Å²) >= 11 is 0. The summed E-state index contributed by atoms with van der Waals surface area (Å²) in [6.45, 7) is 8.11. The molecule has 0 amide bonds. The van der Waals surface area contributed by atoms with E-state index in [-0.39, 0.29) is 23.8 Å². The lowest BCUT2D eigenvalue weighted by molar-refractivity contribution is -0.384. The minimum absolute atomic E-state index is 0.00949. The molecule has 0 saturated carbocycles. The SMILES string of the molecule is CCN(c1ccc(/N=N/c2ccc([N+](=O)[O-])cc2)cc1)C(C)OC(=O)C(C)C. The van der Waals surface area contributed by atoms with Gasteiger partial charge in [-0.15, -0.1) is 0 Å². The highest BCUT2D eigenvalue weighted by atomic mass is 16.6. The number of hydrogen-bond donors (Lipinski definition) is 0. The number of non-ortho nitro benzene ring substituents is 1. The quantitative estimate of drug-likeness (QED) is 0.200. The van der Waals surface area contributed by atoms with Crippen LogP contribution in [0.5, 0.6) is 0 Å². The van der Waals surface area contributed by atoms with Crippen molar-refractivity contribution in [2.45, 2.75) is 33.9 Å². The van der Waals surface area contributed by atoms with E-state index in [1.54, 1.807) is 26.0 Å². The van der Waals surface area contributed by atoms with Gasteiger partial charge in [-0.05, 0) is 50.2 Å². The summed E-state index contributed by atoms with van der Waals surface area (Å²) in [7, 11) is 0. The number of anilines is 1. The Balaban J connectivity index is 2.06. The molecule has 0 aliphatic heterocycles. The van der Waals surface area contributed by atoms with Gasteiger partial charge in [0.25, 0.3) is 5.69 Å². The van der Waals surface area contributed by atoms with Gasteiger partial charge in [-0.25, -0.2) is 0 Å². The standard InChI is InChI=1S/C20H24N4O4/c1-5-23(15(4)28-20(25)14(2)3)18-10-6-16(7-11-18)21-22-17-8-12-19(13-9-17)24(26)27/h6-15H,5H2,1-4H3/b22-21+. The Hall–Kier alpha value is -3.29. The lowest BCUT2D eigenvalue weighted by Gasteiger charge is -2.30. The maximum Gasteiger partial charge on any atom is 0.310 e. The highest BCUT2D eigenvalue weighted by molar-refractivity contribution is 5.72. The molecule has 0 aliphatic rings. The molecule has 148 valence electrons. The number of nitro benzene ring substituents is 1. The fourth-order valence-electron chi connectivity index (χ4n) is 2.48. The van der Waals surface area contributed by atoms with Gasteiger partial charge in [-0.2, -0.15) is 10.2 Å². The second-order valence-corrected chi connectivity index (χ2v) is 6.47. The number of azo groups is 1. The molecule has 2 aromatic rings. The first-order valence-corrected chi connectivity index (χ1v) is 9.05. The first-order chi connectivity index (χ1) is 13.3. The van der Waals surface area contributed by atoms with Crippen molar-refractivity contribution in [1.29, 1.82) is 0 Å². The van der Waals surface area contributed by atoms with Crippen LogP contribution in [0, 0.1) is 16.0 Å². The number of ether oxygens (including phenoxy) is 1. The Morgan fingerprint density at radius 2 is 1.54 bits per heavy atom. The number of carbonyl (C=O) groups is 1. The maximum absolute atomic E-state index is 11.8. The van der Waals surface area contributed by atoms with Crippen LogP contribution in [0.4, 0.5) is 22.7 Å². The van der Waals surface area contributed by atoms with E-state index in [1.165, 1.54) is 12.1 Å². The van der Waals surface area contributed by atoms with Crippen molar-refractivity contribution in [3.63, 3.8) is 0 Å². The third-order valence-electron chi connectivity index (χ3n) is 4.06. The molecule has 1 atom stereocenters. The van der Waals surface area contributed by atoms with Crippen molar-refractivity contribution >= 4 is 28.7 Å². The van der Waals surface area contributed by atoms with E-state index < -0.39 is 4.92 Å². The molecule has 28 heavy (non-hydrogen) atoms. The van der Waals surface area contributed by atoms with E-state index in [0.29, 0.717) is 17.9 Å². The van der Waals surface area contributed by atoms with Crippen LogP contribution in [0.15, 0.2) is 58.8 Å². The van der Waals surface area contributed by atoms with Gasteiger partial charge in [-0.3, -0.25) is 14.9 Å². The Morgan fingerprint density at radius 1 is 1.04 bits per heavy atom. The van der Waals surface area contributed by atoms with Gasteiger partial charge >= 0.3 is 5.97 Å². The average molecular weight is 384 g/mol. The van der Waals surface area contributed by atoms with E-state index in [9.17, 15) is 14.9 Å².